The molecule has 2 rings (SSSR count). The Hall–Kier alpha value is -1.84. The molecular weight excluding hydrogens is 252 g/mol. The Morgan fingerprint density at radius 2 is 1.70 bits per heavy atom. The second-order valence-corrected chi connectivity index (χ2v) is 4.94. The molecule has 3 nitrogen and oxygen atoms in total. The SMILES string of the molecule is Cc1cc([C@H](C)O)ccc1OCC(O)c1ccccc1. The fourth-order valence-electron chi connectivity index (χ4n) is 2.03. The molecule has 2 aromatic rings. The van der Waals surface area contributed by atoms with E-state index in [1.54, 1.807) is 6.92 Å². The van der Waals surface area contributed by atoms with E-state index in [4.69, 9.17) is 4.74 Å². The maximum absolute atomic E-state index is 10.1. The third-order valence-corrected chi connectivity index (χ3v) is 3.26. The summed E-state index contributed by atoms with van der Waals surface area (Å²) in [5, 5.41) is 19.6. The van der Waals surface area contributed by atoms with Crippen LogP contribution in [0.5, 0.6) is 5.75 Å². The number of aliphatic hydroxyl groups is 2. The molecule has 2 N–H and O–H groups in total. The lowest BCUT2D eigenvalue weighted by molar-refractivity contribution is 0.108. The molecular formula is C17H20O3. The topological polar surface area (TPSA) is 49.7 Å². The van der Waals surface area contributed by atoms with Gasteiger partial charge in [-0.05, 0) is 42.7 Å². The van der Waals surface area contributed by atoms with Crippen LogP contribution >= 0.6 is 0 Å². The van der Waals surface area contributed by atoms with Crippen molar-refractivity contribution in [2.45, 2.75) is 26.1 Å². The van der Waals surface area contributed by atoms with Crippen molar-refractivity contribution >= 4 is 0 Å². The minimum Gasteiger partial charge on any atom is -0.490 e. The van der Waals surface area contributed by atoms with Gasteiger partial charge in [0.1, 0.15) is 18.5 Å². The van der Waals surface area contributed by atoms with Crippen LogP contribution in [-0.2, 0) is 0 Å². The standard InChI is InChI=1S/C17H20O3/c1-12-10-15(13(2)18)8-9-17(12)20-11-16(19)14-6-4-3-5-7-14/h3-10,13,16,18-19H,11H2,1-2H3/t13-,16?/m0/s1. The Bertz CT molecular complexity index is 549. The van der Waals surface area contributed by atoms with E-state index in [1.165, 1.54) is 0 Å². The summed E-state index contributed by atoms with van der Waals surface area (Å²) in [5.74, 6) is 0.726. The fourth-order valence-corrected chi connectivity index (χ4v) is 2.03. The number of hydrogen-bond acceptors (Lipinski definition) is 3. The number of aliphatic hydroxyl groups excluding tert-OH is 2. The van der Waals surface area contributed by atoms with Crippen molar-refractivity contribution in [3.8, 4) is 5.75 Å². The van der Waals surface area contributed by atoms with E-state index >= 15 is 0 Å². The molecule has 0 spiro atoms. The van der Waals surface area contributed by atoms with Gasteiger partial charge in [0, 0.05) is 0 Å². The maximum atomic E-state index is 10.1. The number of benzene rings is 2. The Kier molecular flexibility index (Phi) is 4.77. The van der Waals surface area contributed by atoms with Crippen LogP contribution in [0.3, 0.4) is 0 Å². The normalized spacial score (nSPS) is 13.8. The summed E-state index contributed by atoms with van der Waals surface area (Å²) >= 11 is 0. The second kappa shape index (κ2) is 6.55. The molecule has 3 heteroatoms. The number of ether oxygens (including phenoxy) is 1. The fraction of sp³-hybridized carbons (Fsp3) is 0.294. The lowest BCUT2D eigenvalue weighted by Gasteiger charge is -2.15. The molecule has 20 heavy (non-hydrogen) atoms. The largest absolute Gasteiger partial charge is 0.490 e. The first-order chi connectivity index (χ1) is 9.58. The quantitative estimate of drug-likeness (QED) is 0.879. The van der Waals surface area contributed by atoms with Crippen molar-refractivity contribution in [3.05, 3.63) is 65.2 Å². The molecule has 0 fully saturated rings. The molecule has 0 aromatic heterocycles. The van der Waals surface area contributed by atoms with Gasteiger partial charge < -0.3 is 14.9 Å². The molecule has 0 bridgehead atoms. The summed E-state index contributed by atoms with van der Waals surface area (Å²) < 4.78 is 5.66. The van der Waals surface area contributed by atoms with Gasteiger partial charge >= 0.3 is 0 Å². The average molecular weight is 272 g/mol. The summed E-state index contributed by atoms with van der Waals surface area (Å²) in [4.78, 5) is 0. The van der Waals surface area contributed by atoms with Gasteiger partial charge in [-0.25, -0.2) is 0 Å². The molecule has 106 valence electrons. The number of hydrogen-bond donors (Lipinski definition) is 2. The smallest absolute Gasteiger partial charge is 0.122 e. The Morgan fingerprint density at radius 1 is 1.00 bits per heavy atom. The van der Waals surface area contributed by atoms with E-state index in [0.717, 1.165) is 22.4 Å². The third-order valence-electron chi connectivity index (χ3n) is 3.26. The minimum atomic E-state index is -0.646. The monoisotopic (exact) mass is 272 g/mol. The summed E-state index contributed by atoms with van der Waals surface area (Å²) in [5.41, 5.74) is 2.65. The molecule has 0 amide bonds. The average Bonchev–Trinajstić information content (AvgIpc) is 2.46. The van der Waals surface area contributed by atoms with Gasteiger partial charge in [-0.3, -0.25) is 0 Å². The van der Waals surface area contributed by atoms with Crippen molar-refractivity contribution in [1.82, 2.24) is 0 Å². The highest BCUT2D eigenvalue weighted by Crippen LogP contribution is 2.24. The number of rotatable bonds is 5. The Morgan fingerprint density at radius 3 is 2.30 bits per heavy atom. The highest BCUT2D eigenvalue weighted by Gasteiger charge is 2.10. The zero-order chi connectivity index (χ0) is 14.5. The predicted molar refractivity (Wildman–Crippen MR) is 78.7 cm³/mol. The Balaban J connectivity index is 2.01. The van der Waals surface area contributed by atoms with E-state index in [0.29, 0.717) is 0 Å². The summed E-state index contributed by atoms with van der Waals surface area (Å²) in [7, 11) is 0. The van der Waals surface area contributed by atoms with Crippen molar-refractivity contribution in [1.29, 1.82) is 0 Å². The van der Waals surface area contributed by atoms with Gasteiger partial charge in [0.25, 0.3) is 0 Å². The summed E-state index contributed by atoms with van der Waals surface area (Å²) in [6.07, 6.45) is -1.13. The first-order valence-corrected chi connectivity index (χ1v) is 6.72. The third kappa shape index (κ3) is 3.59. The van der Waals surface area contributed by atoms with Crippen LogP contribution in [0.2, 0.25) is 0 Å². The van der Waals surface area contributed by atoms with Gasteiger partial charge in [-0.2, -0.15) is 0 Å². The van der Waals surface area contributed by atoms with Crippen LogP contribution in [-0.4, -0.2) is 16.8 Å². The van der Waals surface area contributed by atoms with Gasteiger partial charge in [0.15, 0.2) is 0 Å². The lowest BCUT2D eigenvalue weighted by atomic mass is 10.1. The van der Waals surface area contributed by atoms with Crippen LogP contribution in [0.4, 0.5) is 0 Å². The lowest BCUT2D eigenvalue weighted by Crippen LogP contribution is -2.10. The molecule has 0 radical (unpaired) electrons. The van der Waals surface area contributed by atoms with Crippen LogP contribution in [0, 0.1) is 6.92 Å². The first kappa shape index (κ1) is 14.6. The van der Waals surface area contributed by atoms with Crippen molar-refractivity contribution in [3.63, 3.8) is 0 Å². The van der Waals surface area contributed by atoms with Crippen LogP contribution in [0.1, 0.15) is 35.8 Å². The molecule has 0 saturated carbocycles. The molecule has 0 heterocycles. The van der Waals surface area contributed by atoms with Gasteiger partial charge in [-0.1, -0.05) is 36.4 Å². The molecule has 0 aliphatic carbocycles. The molecule has 1 unspecified atom stereocenters. The highest BCUT2D eigenvalue weighted by molar-refractivity contribution is 5.37. The molecule has 2 aromatic carbocycles. The molecule has 2 atom stereocenters. The van der Waals surface area contributed by atoms with Gasteiger partial charge in [0.2, 0.25) is 0 Å². The van der Waals surface area contributed by atoms with Gasteiger partial charge in [-0.15, -0.1) is 0 Å². The van der Waals surface area contributed by atoms with E-state index in [9.17, 15) is 10.2 Å². The van der Waals surface area contributed by atoms with Gasteiger partial charge in [0.05, 0.1) is 6.10 Å². The van der Waals surface area contributed by atoms with E-state index in [-0.39, 0.29) is 6.61 Å². The number of aryl methyl sites for hydroxylation is 1. The van der Waals surface area contributed by atoms with Crippen molar-refractivity contribution < 1.29 is 14.9 Å². The van der Waals surface area contributed by atoms with E-state index in [1.807, 2.05) is 55.5 Å². The predicted octanol–water partition coefficient (Wildman–Crippen LogP) is 3.16. The first-order valence-electron chi connectivity index (χ1n) is 6.72. The summed E-state index contributed by atoms with van der Waals surface area (Å²) in [6, 6.07) is 15.0. The molecule has 0 aliphatic heterocycles. The maximum Gasteiger partial charge on any atom is 0.122 e. The second-order valence-electron chi connectivity index (χ2n) is 4.94. The molecule has 0 aliphatic rings. The zero-order valence-corrected chi connectivity index (χ0v) is 11.8. The highest BCUT2D eigenvalue weighted by atomic mass is 16.5. The van der Waals surface area contributed by atoms with Crippen molar-refractivity contribution in [2.24, 2.45) is 0 Å². The van der Waals surface area contributed by atoms with Crippen molar-refractivity contribution in [2.75, 3.05) is 6.61 Å². The zero-order valence-electron chi connectivity index (χ0n) is 11.8. The Labute approximate surface area is 119 Å². The van der Waals surface area contributed by atoms with Crippen LogP contribution in [0.15, 0.2) is 48.5 Å². The summed E-state index contributed by atoms with van der Waals surface area (Å²) in [6.45, 7) is 3.86. The van der Waals surface area contributed by atoms with E-state index < -0.39 is 12.2 Å². The van der Waals surface area contributed by atoms with Crippen LogP contribution < -0.4 is 4.74 Å². The molecule has 0 saturated heterocycles. The van der Waals surface area contributed by atoms with Crippen LogP contribution in [0.25, 0.3) is 0 Å². The minimum absolute atomic E-state index is 0.207. The van der Waals surface area contributed by atoms with E-state index in [2.05, 4.69) is 0 Å².